The number of hydrogen-bond acceptors (Lipinski definition) is 5. The Morgan fingerprint density at radius 1 is 1.54 bits per heavy atom. The lowest BCUT2D eigenvalue weighted by molar-refractivity contribution is -0.140. The van der Waals surface area contributed by atoms with Crippen LogP contribution in [0.3, 0.4) is 0 Å². The first-order valence-corrected chi connectivity index (χ1v) is 3.65. The number of carbonyl (C=O) groups is 3. The van der Waals surface area contributed by atoms with E-state index in [9.17, 15) is 14.4 Å². The van der Waals surface area contributed by atoms with Crippen molar-refractivity contribution in [3.63, 3.8) is 0 Å². The fourth-order valence-corrected chi connectivity index (χ4v) is 0.875. The van der Waals surface area contributed by atoms with Gasteiger partial charge in [0.2, 0.25) is 5.71 Å². The van der Waals surface area contributed by atoms with Crippen LogP contribution >= 0.6 is 0 Å². The van der Waals surface area contributed by atoms with Crippen molar-refractivity contribution in [1.29, 1.82) is 0 Å². The molecule has 0 aromatic heterocycles. The van der Waals surface area contributed by atoms with Gasteiger partial charge in [-0.05, 0) is 6.92 Å². The van der Waals surface area contributed by atoms with Crippen molar-refractivity contribution >= 4 is 23.4 Å². The summed E-state index contributed by atoms with van der Waals surface area (Å²) in [4.78, 5) is 33.0. The number of hydrogen-bond donors (Lipinski definition) is 0. The first-order valence-electron chi connectivity index (χ1n) is 3.65. The van der Waals surface area contributed by atoms with Crippen molar-refractivity contribution in [2.24, 2.45) is 5.10 Å². The Morgan fingerprint density at radius 2 is 2.15 bits per heavy atom. The number of ketones is 1. The number of carbonyl (C=O) groups excluding carboxylic acids is 3. The number of ether oxygens (including phenoxy) is 1. The van der Waals surface area contributed by atoms with Crippen molar-refractivity contribution in [3.05, 3.63) is 0 Å². The zero-order valence-electron chi connectivity index (χ0n) is 7.23. The van der Waals surface area contributed by atoms with Gasteiger partial charge in [-0.3, -0.25) is 9.59 Å². The smallest absolute Gasteiger partial charge is 0.362 e. The average molecular weight is 184 g/mol. The number of methoxy groups -OCH3 is 1. The molecule has 6 nitrogen and oxygen atoms in total. The standard InChI is InChI=1S/C7H8N2O4/c1-3-9-6(11)5(10)4(8-9)7(12)13-2/h3H2,1-2H3. The Labute approximate surface area is 74.1 Å². The summed E-state index contributed by atoms with van der Waals surface area (Å²) >= 11 is 0. The van der Waals surface area contributed by atoms with Gasteiger partial charge in [0, 0.05) is 6.54 Å². The fraction of sp³-hybridized carbons (Fsp3) is 0.429. The number of esters is 1. The van der Waals surface area contributed by atoms with E-state index in [4.69, 9.17) is 0 Å². The first kappa shape index (κ1) is 9.37. The minimum atomic E-state index is -0.909. The van der Waals surface area contributed by atoms with E-state index in [0.717, 1.165) is 12.1 Å². The summed E-state index contributed by atoms with van der Waals surface area (Å²) < 4.78 is 4.28. The highest BCUT2D eigenvalue weighted by molar-refractivity contribution is 6.80. The third-order valence-corrected chi connectivity index (χ3v) is 1.54. The van der Waals surface area contributed by atoms with Crippen molar-refractivity contribution in [2.75, 3.05) is 13.7 Å². The second-order valence-electron chi connectivity index (χ2n) is 2.29. The summed E-state index contributed by atoms with van der Waals surface area (Å²) in [6.45, 7) is 1.90. The number of rotatable bonds is 2. The zero-order valence-corrected chi connectivity index (χ0v) is 7.23. The van der Waals surface area contributed by atoms with Crippen molar-refractivity contribution < 1.29 is 19.1 Å². The fourth-order valence-electron chi connectivity index (χ4n) is 0.875. The minimum absolute atomic E-state index is 0.255. The van der Waals surface area contributed by atoms with Gasteiger partial charge in [-0.25, -0.2) is 9.80 Å². The van der Waals surface area contributed by atoms with Crippen LogP contribution < -0.4 is 0 Å². The second-order valence-corrected chi connectivity index (χ2v) is 2.29. The van der Waals surface area contributed by atoms with E-state index in [0.29, 0.717) is 0 Å². The van der Waals surface area contributed by atoms with Crippen LogP contribution in [0, 0.1) is 0 Å². The molecule has 0 saturated carbocycles. The normalized spacial score (nSPS) is 16.2. The molecule has 6 heteroatoms. The Hall–Kier alpha value is -1.72. The lowest BCUT2D eigenvalue weighted by Gasteiger charge is -2.03. The highest BCUT2D eigenvalue weighted by atomic mass is 16.5. The molecule has 1 heterocycles. The molecule has 0 bridgehead atoms. The van der Waals surface area contributed by atoms with Gasteiger partial charge in [0.15, 0.2) is 0 Å². The molecule has 0 unspecified atom stereocenters. The van der Waals surface area contributed by atoms with Crippen LogP contribution in [0.5, 0.6) is 0 Å². The lowest BCUT2D eigenvalue weighted by Crippen LogP contribution is -2.30. The maximum absolute atomic E-state index is 11.1. The van der Waals surface area contributed by atoms with Crippen molar-refractivity contribution in [1.82, 2.24) is 5.01 Å². The Morgan fingerprint density at radius 3 is 2.54 bits per heavy atom. The largest absolute Gasteiger partial charge is 0.464 e. The average Bonchev–Trinajstić information content (AvgIpc) is 2.43. The number of likely N-dealkylation sites (N-methyl/N-ethyl adjacent to an activating group) is 1. The van der Waals surface area contributed by atoms with Gasteiger partial charge in [0.1, 0.15) is 0 Å². The third kappa shape index (κ3) is 1.42. The molecule has 70 valence electrons. The molecule has 13 heavy (non-hydrogen) atoms. The van der Waals surface area contributed by atoms with E-state index in [1.54, 1.807) is 6.92 Å². The summed E-state index contributed by atoms with van der Waals surface area (Å²) in [5.74, 6) is -2.58. The molecule has 0 spiro atoms. The maximum Gasteiger partial charge on any atom is 0.362 e. The molecule has 0 aromatic rings. The van der Waals surface area contributed by atoms with E-state index in [1.165, 1.54) is 0 Å². The van der Waals surface area contributed by atoms with Gasteiger partial charge >= 0.3 is 11.9 Å². The van der Waals surface area contributed by atoms with E-state index < -0.39 is 23.4 Å². The van der Waals surface area contributed by atoms with Crippen LogP contribution in [-0.4, -0.2) is 42.0 Å². The van der Waals surface area contributed by atoms with E-state index in [-0.39, 0.29) is 6.54 Å². The number of hydrazone groups is 1. The quantitative estimate of drug-likeness (QED) is 0.405. The molecule has 1 rings (SSSR count). The Balaban J connectivity index is 2.94. The lowest BCUT2D eigenvalue weighted by atomic mass is 10.2. The van der Waals surface area contributed by atoms with Crippen LogP contribution in [0.15, 0.2) is 5.10 Å². The van der Waals surface area contributed by atoms with Crippen LogP contribution in [0.25, 0.3) is 0 Å². The molecular formula is C7H8N2O4. The topological polar surface area (TPSA) is 76.0 Å². The van der Waals surface area contributed by atoms with Crippen LogP contribution in [-0.2, 0) is 19.1 Å². The van der Waals surface area contributed by atoms with Gasteiger partial charge in [-0.1, -0.05) is 0 Å². The van der Waals surface area contributed by atoms with Gasteiger partial charge < -0.3 is 4.74 Å². The highest BCUT2D eigenvalue weighted by Crippen LogP contribution is 2.04. The second kappa shape index (κ2) is 3.34. The van der Waals surface area contributed by atoms with E-state index in [2.05, 4.69) is 9.84 Å². The SMILES string of the molecule is CCN1N=C(C(=O)OC)C(=O)C1=O. The third-order valence-electron chi connectivity index (χ3n) is 1.54. The first-order chi connectivity index (χ1) is 6.11. The van der Waals surface area contributed by atoms with Gasteiger partial charge in [-0.2, -0.15) is 5.10 Å². The Bertz CT molecular complexity index is 308. The molecular weight excluding hydrogens is 176 g/mol. The van der Waals surface area contributed by atoms with Gasteiger partial charge in [0.05, 0.1) is 7.11 Å². The van der Waals surface area contributed by atoms with Gasteiger partial charge in [-0.15, -0.1) is 0 Å². The zero-order chi connectivity index (χ0) is 10.0. The van der Waals surface area contributed by atoms with Crippen LogP contribution in [0.1, 0.15) is 6.92 Å². The van der Waals surface area contributed by atoms with Crippen molar-refractivity contribution in [3.8, 4) is 0 Å². The van der Waals surface area contributed by atoms with Crippen LogP contribution in [0.2, 0.25) is 0 Å². The summed E-state index contributed by atoms with van der Waals surface area (Å²) in [7, 11) is 1.12. The van der Waals surface area contributed by atoms with Gasteiger partial charge in [0.25, 0.3) is 5.78 Å². The molecule has 0 radical (unpaired) electrons. The number of amides is 1. The Kier molecular flexibility index (Phi) is 2.41. The predicted octanol–water partition coefficient (Wildman–Crippen LogP) is -1.05. The summed E-state index contributed by atoms with van der Waals surface area (Å²) in [5, 5.41) is 4.44. The number of Topliss-reactive ketones (excluding diaryl/α,β-unsaturated/α-hetero) is 1. The highest BCUT2D eigenvalue weighted by Gasteiger charge is 2.37. The summed E-state index contributed by atoms with van der Waals surface area (Å²) in [6, 6.07) is 0. The predicted molar refractivity (Wildman–Crippen MR) is 41.8 cm³/mol. The molecule has 0 N–H and O–H groups in total. The van der Waals surface area contributed by atoms with Crippen molar-refractivity contribution in [2.45, 2.75) is 6.92 Å². The monoisotopic (exact) mass is 184 g/mol. The maximum atomic E-state index is 11.1. The summed E-state index contributed by atoms with van der Waals surface area (Å²) in [5.41, 5.74) is -0.450. The molecule has 0 fully saturated rings. The van der Waals surface area contributed by atoms with E-state index >= 15 is 0 Å². The van der Waals surface area contributed by atoms with Crippen LogP contribution in [0.4, 0.5) is 0 Å². The number of nitrogens with zero attached hydrogens (tertiary/aromatic N) is 2. The summed E-state index contributed by atoms with van der Waals surface area (Å²) in [6.07, 6.45) is 0. The minimum Gasteiger partial charge on any atom is -0.464 e. The molecule has 1 aliphatic rings. The van der Waals surface area contributed by atoms with E-state index in [1.807, 2.05) is 0 Å². The molecule has 1 amide bonds. The molecule has 0 atom stereocenters. The molecule has 0 aliphatic carbocycles. The molecule has 0 aromatic carbocycles. The molecule has 0 saturated heterocycles. The molecule has 1 aliphatic heterocycles.